The molecule has 2 aliphatic rings. The highest BCUT2D eigenvalue weighted by Gasteiger charge is 2.47. The van der Waals surface area contributed by atoms with Crippen molar-refractivity contribution in [1.82, 2.24) is 14.4 Å². The molecule has 0 saturated carbocycles. The molecule has 2 atom stereocenters. The Morgan fingerprint density at radius 2 is 2.07 bits per heavy atom. The normalized spacial score (nSPS) is 23.7. The van der Waals surface area contributed by atoms with Crippen molar-refractivity contribution >= 4 is 15.9 Å². The lowest BCUT2D eigenvalue weighted by Gasteiger charge is -2.21. The molecule has 9 heteroatoms. The summed E-state index contributed by atoms with van der Waals surface area (Å²) in [6.07, 6.45) is 1.76. The van der Waals surface area contributed by atoms with Crippen LogP contribution in [-0.2, 0) is 16.4 Å². The Morgan fingerprint density at radius 1 is 1.27 bits per heavy atom. The van der Waals surface area contributed by atoms with Crippen LogP contribution in [0, 0.1) is 12.8 Å². The van der Waals surface area contributed by atoms with Crippen LogP contribution >= 0.6 is 0 Å². The van der Waals surface area contributed by atoms with Gasteiger partial charge in [-0.1, -0.05) is 17.3 Å². The second kappa shape index (κ2) is 8.39. The largest absolute Gasteiger partial charge is 0.497 e. The smallest absolute Gasteiger partial charge is 0.276 e. The molecule has 3 heterocycles. The molecule has 1 amide bonds. The summed E-state index contributed by atoms with van der Waals surface area (Å²) in [7, 11) is -1.76. The molecule has 162 valence electrons. The lowest BCUT2D eigenvalue weighted by molar-refractivity contribution is 0.0748. The zero-order valence-electron chi connectivity index (χ0n) is 17.3. The van der Waals surface area contributed by atoms with Crippen LogP contribution in [0.15, 0.2) is 34.9 Å². The monoisotopic (exact) mass is 433 g/mol. The van der Waals surface area contributed by atoms with Crippen LogP contribution in [0.2, 0.25) is 0 Å². The quantitative estimate of drug-likeness (QED) is 0.717. The molecule has 0 unspecified atom stereocenters. The number of methoxy groups -OCH3 is 1. The average molecular weight is 434 g/mol. The van der Waals surface area contributed by atoms with E-state index in [4.69, 9.17) is 9.26 Å². The zero-order valence-corrected chi connectivity index (χ0v) is 18.1. The summed E-state index contributed by atoms with van der Waals surface area (Å²) in [6.45, 7) is 3.66. The van der Waals surface area contributed by atoms with Crippen LogP contribution in [0.3, 0.4) is 0 Å². The lowest BCUT2D eigenvalue weighted by atomic mass is 10.0. The number of hydrogen-bond donors (Lipinski definition) is 0. The summed E-state index contributed by atoms with van der Waals surface area (Å²) in [6, 6.07) is 9.33. The fraction of sp³-hybridized carbons (Fsp3) is 0.524. The number of carbonyl (C=O) groups is 1. The Kier molecular flexibility index (Phi) is 5.84. The molecule has 4 rings (SSSR count). The Labute approximate surface area is 176 Å². The maximum Gasteiger partial charge on any atom is 0.276 e. The van der Waals surface area contributed by atoms with E-state index in [-0.39, 0.29) is 17.5 Å². The first-order valence-electron chi connectivity index (χ1n) is 10.2. The van der Waals surface area contributed by atoms with Gasteiger partial charge in [0.1, 0.15) is 11.5 Å². The Morgan fingerprint density at radius 3 is 2.80 bits per heavy atom. The van der Waals surface area contributed by atoms with Gasteiger partial charge in [-0.3, -0.25) is 4.79 Å². The third-order valence-corrected chi connectivity index (χ3v) is 8.52. The third-order valence-electron chi connectivity index (χ3n) is 6.08. The summed E-state index contributed by atoms with van der Waals surface area (Å²) >= 11 is 0. The highest BCUT2D eigenvalue weighted by atomic mass is 32.2. The zero-order chi connectivity index (χ0) is 21.3. The number of aromatic nitrogens is 1. The molecule has 0 bridgehead atoms. The van der Waals surface area contributed by atoms with E-state index >= 15 is 0 Å². The second-order valence-electron chi connectivity index (χ2n) is 8.00. The molecule has 2 saturated heterocycles. The van der Waals surface area contributed by atoms with Crippen LogP contribution in [0.1, 0.15) is 34.7 Å². The number of carbonyl (C=O) groups excluding carboxylic acids is 1. The second-order valence-corrected chi connectivity index (χ2v) is 10.1. The van der Waals surface area contributed by atoms with Gasteiger partial charge in [0.05, 0.1) is 12.4 Å². The van der Waals surface area contributed by atoms with Gasteiger partial charge < -0.3 is 14.2 Å². The van der Waals surface area contributed by atoms with Crippen LogP contribution in [0.25, 0.3) is 0 Å². The first-order valence-corrected chi connectivity index (χ1v) is 11.7. The summed E-state index contributed by atoms with van der Waals surface area (Å²) < 4.78 is 38.2. The van der Waals surface area contributed by atoms with E-state index in [1.165, 1.54) is 0 Å². The van der Waals surface area contributed by atoms with Gasteiger partial charge in [0.15, 0.2) is 5.69 Å². The number of amides is 1. The SMILES string of the molecule is COc1cccc(CCN2C[C@H]3CCN(C(=O)c4cc(C)on4)CC[C@H]3S2(=O)=O)c1. The van der Waals surface area contributed by atoms with Crippen molar-refractivity contribution in [3.05, 3.63) is 47.3 Å². The fourth-order valence-corrected chi connectivity index (χ4v) is 6.67. The van der Waals surface area contributed by atoms with Gasteiger partial charge in [0.2, 0.25) is 10.0 Å². The molecule has 30 heavy (non-hydrogen) atoms. The molecule has 1 aromatic heterocycles. The molecule has 2 aliphatic heterocycles. The van der Waals surface area contributed by atoms with Crippen LogP contribution < -0.4 is 4.74 Å². The van der Waals surface area contributed by atoms with E-state index in [2.05, 4.69) is 5.16 Å². The van der Waals surface area contributed by atoms with Crippen molar-refractivity contribution in [2.45, 2.75) is 31.4 Å². The highest BCUT2D eigenvalue weighted by Crippen LogP contribution is 2.34. The summed E-state index contributed by atoms with van der Waals surface area (Å²) in [4.78, 5) is 14.4. The van der Waals surface area contributed by atoms with Crippen LogP contribution in [0.4, 0.5) is 0 Å². The maximum absolute atomic E-state index is 13.1. The van der Waals surface area contributed by atoms with Crippen LogP contribution in [-0.4, -0.2) is 67.2 Å². The molecule has 8 nitrogen and oxygen atoms in total. The van der Waals surface area contributed by atoms with Crippen molar-refractivity contribution in [3.63, 3.8) is 0 Å². The molecular formula is C21H27N3O5S. The third kappa shape index (κ3) is 4.09. The molecule has 0 radical (unpaired) electrons. The number of benzene rings is 1. The number of rotatable bonds is 5. The standard InChI is InChI=1S/C21H27N3O5S/c1-15-12-19(22-29-15)21(25)23-9-7-17-14-24(30(26,27)20(17)8-10-23)11-6-16-4-3-5-18(13-16)28-2/h3-5,12-13,17,20H,6-11,14H2,1-2H3/t17-,20-/m1/s1. The van der Waals surface area contributed by atoms with E-state index in [1.807, 2.05) is 24.3 Å². The van der Waals surface area contributed by atoms with Crippen molar-refractivity contribution in [2.24, 2.45) is 5.92 Å². The van der Waals surface area contributed by atoms with Crippen molar-refractivity contribution in [3.8, 4) is 5.75 Å². The number of aryl methyl sites for hydroxylation is 1. The number of fused-ring (bicyclic) bond motifs is 1. The van der Waals surface area contributed by atoms with Crippen LogP contribution in [0.5, 0.6) is 5.75 Å². The van der Waals surface area contributed by atoms with E-state index in [0.717, 1.165) is 11.3 Å². The number of sulfonamides is 1. The topological polar surface area (TPSA) is 92.9 Å². The predicted molar refractivity (Wildman–Crippen MR) is 111 cm³/mol. The van der Waals surface area contributed by atoms with E-state index in [1.54, 1.807) is 29.3 Å². The molecule has 1 aromatic carbocycles. The Bertz CT molecular complexity index is 1020. The number of ether oxygens (including phenoxy) is 1. The van der Waals surface area contributed by atoms with Crippen molar-refractivity contribution in [1.29, 1.82) is 0 Å². The molecule has 0 spiro atoms. The summed E-state index contributed by atoms with van der Waals surface area (Å²) in [5, 5.41) is 3.37. The Hall–Kier alpha value is -2.39. The molecule has 0 aliphatic carbocycles. The van der Waals surface area contributed by atoms with E-state index < -0.39 is 15.3 Å². The first kappa shape index (κ1) is 20.9. The molecule has 2 aromatic rings. The van der Waals surface area contributed by atoms with E-state index in [0.29, 0.717) is 51.2 Å². The van der Waals surface area contributed by atoms with Crippen molar-refractivity contribution in [2.75, 3.05) is 33.3 Å². The molecule has 0 N–H and O–H groups in total. The van der Waals surface area contributed by atoms with Crippen molar-refractivity contribution < 1.29 is 22.5 Å². The minimum Gasteiger partial charge on any atom is -0.497 e. The summed E-state index contributed by atoms with van der Waals surface area (Å²) in [5.41, 5.74) is 1.33. The first-order chi connectivity index (χ1) is 14.4. The van der Waals surface area contributed by atoms with Gasteiger partial charge in [-0.05, 0) is 49.8 Å². The fourth-order valence-electron chi connectivity index (χ4n) is 4.43. The molecule has 2 fully saturated rings. The maximum atomic E-state index is 13.1. The van der Waals surface area contributed by atoms with Gasteiger partial charge in [0.25, 0.3) is 5.91 Å². The minimum atomic E-state index is -3.38. The predicted octanol–water partition coefficient (Wildman–Crippen LogP) is 2.10. The van der Waals surface area contributed by atoms with E-state index in [9.17, 15) is 13.2 Å². The van der Waals surface area contributed by atoms with Gasteiger partial charge >= 0.3 is 0 Å². The lowest BCUT2D eigenvalue weighted by Crippen LogP contribution is -2.35. The number of hydrogen-bond acceptors (Lipinski definition) is 6. The van der Waals surface area contributed by atoms with Gasteiger partial charge in [-0.25, -0.2) is 12.7 Å². The van der Waals surface area contributed by atoms with Gasteiger partial charge in [0, 0.05) is 32.2 Å². The van der Waals surface area contributed by atoms with Gasteiger partial charge in [-0.2, -0.15) is 0 Å². The summed E-state index contributed by atoms with van der Waals surface area (Å²) in [5.74, 6) is 1.20. The highest BCUT2D eigenvalue weighted by molar-refractivity contribution is 7.90. The Balaban J connectivity index is 1.40. The average Bonchev–Trinajstić information content (AvgIpc) is 3.18. The minimum absolute atomic E-state index is 0.0390. The number of likely N-dealkylation sites (tertiary alicyclic amines) is 1. The van der Waals surface area contributed by atoms with Gasteiger partial charge in [-0.15, -0.1) is 0 Å². The number of nitrogens with zero attached hydrogens (tertiary/aromatic N) is 3. The molecular weight excluding hydrogens is 406 g/mol.